The lowest BCUT2D eigenvalue weighted by atomic mass is 10.2. The van der Waals surface area contributed by atoms with E-state index in [9.17, 15) is 4.79 Å². The van der Waals surface area contributed by atoms with Crippen molar-refractivity contribution in [2.45, 2.75) is 25.5 Å². The first kappa shape index (κ1) is 21.5. The third-order valence-corrected chi connectivity index (χ3v) is 6.78. The molecule has 0 atom stereocenters. The highest BCUT2D eigenvalue weighted by atomic mass is 35.5. The van der Waals surface area contributed by atoms with Crippen molar-refractivity contribution in [1.29, 1.82) is 0 Å². The Balaban J connectivity index is 1.56. The van der Waals surface area contributed by atoms with Crippen LogP contribution in [0.1, 0.15) is 21.7 Å². The molecular weight excluding hydrogens is 450 g/mol. The third kappa shape index (κ3) is 4.37. The van der Waals surface area contributed by atoms with E-state index in [1.54, 1.807) is 23.6 Å². The molecule has 31 heavy (non-hydrogen) atoms. The first-order valence-electron chi connectivity index (χ1n) is 9.54. The second-order valence-corrected chi connectivity index (χ2v) is 9.11. The van der Waals surface area contributed by atoms with Crippen LogP contribution in [0.3, 0.4) is 0 Å². The number of benzene rings is 1. The maximum absolute atomic E-state index is 13.0. The topological polar surface area (TPSA) is 65.6 Å². The number of aromatic nitrogens is 5. The average molecular weight is 470 g/mol. The summed E-state index contributed by atoms with van der Waals surface area (Å²) in [6.45, 7) is 8.31. The van der Waals surface area contributed by atoms with Crippen LogP contribution in [0.15, 0.2) is 59.7 Å². The molecule has 3 aromatic heterocycles. The van der Waals surface area contributed by atoms with Crippen LogP contribution >= 0.6 is 34.7 Å². The van der Waals surface area contributed by atoms with Crippen molar-refractivity contribution >= 4 is 40.5 Å². The average Bonchev–Trinajstić information content (AvgIpc) is 3.47. The van der Waals surface area contributed by atoms with Crippen LogP contribution in [0, 0.1) is 13.8 Å². The first-order valence-corrected chi connectivity index (χ1v) is 11.8. The van der Waals surface area contributed by atoms with Gasteiger partial charge in [0, 0.05) is 45.7 Å². The molecule has 1 aromatic carbocycles. The summed E-state index contributed by atoms with van der Waals surface area (Å²) >= 11 is 8.92. The van der Waals surface area contributed by atoms with Crippen LogP contribution in [0.4, 0.5) is 0 Å². The van der Waals surface area contributed by atoms with Crippen molar-refractivity contribution in [3.63, 3.8) is 0 Å². The molecule has 0 saturated heterocycles. The van der Waals surface area contributed by atoms with Gasteiger partial charge in [0.2, 0.25) is 0 Å². The zero-order valence-electron chi connectivity index (χ0n) is 17.1. The lowest BCUT2D eigenvalue weighted by Crippen LogP contribution is -2.07. The third-order valence-electron chi connectivity index (χ3n) is 4.81. The predicted molar refractivity (Wildman–Crippen MR) is 127 cm³/mol. The summed E-state index contributed by atoms with van der Waals surface area (Å²) in [5.74, 6) is 1.02. The van der Waals surface area contributed by atoms with Gasteiger partial charge in [0.1, 0.15) is 0 Å². The Morgan fingerprint density at radius 2 is 2.03 bits per heavy atom. The molecule has 0 N–H and O–H groups in total. The molecule has 4 rings (SSSR count). The van der Waals surface area contributed by atoms with Gasteiger partial charge >= 0.3 is 0 Å². The number of allylic oxidation sites excluding steroid dienone is 1. The molecule has 0 radical (unpaired) electrons. The summed E-state index contributed by atoms with van der Waals surface area (Å²) in [4.78, 5) is 17.4. The van der Waals surface area contributed by atoms with Gasteiger partial charge in [-0.05, 0) is 44.2 Å². The molecule has 0 spiro atoms. The number of thioether (sulfide) groups is 1. The molecule has 0 bridgehead atoms. The van der Waals surface area contributed by atoms with Crippen molar-refractivity contribution in [2.75, 3.05) is 5.75 Å². The summed E-state index contributed by atoms with van der Waals surface area (Å²) in [6.07, 6.45) is 3.55. The van der Waals surface area contributed by atoms with Crippen LogP contribution in [-0.2, 0) is 6.54 Å². The number of halogens is 1. The number of carbonyl (C=O) groups is 1. The number of hydrogen-bond acceptors (Lipinski definition) is 6. The van der Waals surface area contributed by atoms with Gasteiger partial charge in [-0.2, -0.15) is 0 Å². The fourth-order valence-corrected chi connectivity index (χ4v) is 5.08. The lowest BCUT2D eigenvalue weighted by molar-refractivity contribution is 0.102. The molecule has 6 nitrogen and oxygen atoms in total. The van der Waals surface area contributed by atoms with Gasteiger partial charge in [-0.25, -0.2) is 4.98 Å². The van der Waals surface area contributed by atoms with Crippen LogP contribution in [0.25, 0.3) is 16.5 Å². The Labute approximate surface area is 193 Å². The molecular formula is C22H20ClN5OS2. The molecule has 4 aromatic rings. The second kappa shape index (κ2) is 9.21. The van der Waals surface area contributed by atoms with Crippen molar-refractivity contribution in [1.82, 2.24) is 24.3 Å². The number of hydrogen-bond donors (Lipinski definition) is 0. The summed E-state index contributed by atoms with van der Waals surface area (Å²) in [5.41, 5.74) is 3.49. The molecule has 0 amide bonds. The highest BCUT2D eigenvalue weighted by Crippen LogP contribution is 2.27. The summed E-state index contributed by atoms with van der Waals surface area (Å²) < 4.78 is 3.97. The molecule has 0 fully saturated rings. The highest BCUT2D eigenvalue weighted by molar-refractivity contribution is 7.99. The maximum Gasteiger partial charge on any atom is 0.193 e. The van der Waals surface area contributed by atoms with E-state index in [2.05, 4.69) is 21.8 Å². The molecule has 3 heterocycles. The molecule has 0 unspecified atom stereocenters. The summed E-state index contributed by atoms with van der Waals surface area (Å²) in [5, 5.41) is 12.8. The van der Waals surface area contributed by atoms with Crippen molar-refractivity contribution < 1.29 is 4.79 Å². The Morgan fingerprint density at radius 1 is 1.26 bits per heavy atom. The summed E-state index contributed by atoms with van der Waals surface area (Å²) in [7, 11) is 0. The van der Waals surface area contributed by atoms with E-state index in [1.165, 1.54) is 11.8 Å². The quantitative estimate of drug-likeness (QED) is 0.190. The number of aryl methyl sites for hydroxylation is 1. The molecule has 0 saturated carbocycles. The van der Waals surface area contributed by atoms with Crippen LogP contribution < -0.4 is 0 Å². The van der Waals surface area contributed by atoms with Crippen LogP contribution in [0.5, 0.6) is 0 Å². The van der Waals surface area contributed by atoms with Gasteiger partial charge in [-0.3, -0.25) is 13.9 Å². The monoisotopic (exact) mass is 469 g/mol. The fraction of sp³-hybridized carbons (Fsp3) is 0.182. The second-order valence-electron chi connectivity index (χ2n) is 6.86. The Kier molecular flexibility index (Phi) is 6.41. The minimum absolute atomic E-state index is 0.0436. The van der Waals surface area contributed by atoms with Crippen molar-refractivity contribution in [3.05, 3.63) is 76.5 Å². The number of Topliss-reactive ketones (excluding diaryl/α,β-unsaturated/α-hetero) is 1. The molecule has 0 aliphatic heterocycles. The van der Waals surface area contributed by atoms with Crippen molar-refractivity contribution in [3.8, 4) is 16.5 Å². The zero-order valence-corrected chi connectivity index (χ0v) is 19.5. The normalized spacial score (nSPS) is 11.1. The number of rotatable bonds is 8. The SMILES string of the molecule is C=CCn1c(SCC(=O)c2cc(C)n(-c3nccs3)c2C)nnc1-c1ccc(Cl)cc1. The van der Waals surface area contributed by atoms with Crippen LogP contribution in [0.2, 0.25) is 5.02 Å². The number of carbonyl (C=O) groups excluding carboxylic acids is 1. The Morgan fingerprint density at radius 3 is 2.71 bits per heavy atom. The van der Waals surface area contributed by atoms with Gasteiger partial charge in [0.15, 0.2) is 21.9 Å². The van der Waals surface area contributed by atoms with Gasteiger partial charge < -0.3 is 0 Å². The van der Waals surface area contributed by atoms with E-state index in [4.69, 9.17) is 11.6 Å². The molecule has 0 aliphatic carbocycles. The number of thiazole rings is 1. The standard InChI is InChI=1S/C22H20ClN5OS2/c1-4-10-27-20(16-5-7-17(23)8-6-16)25-26-22(27)31-13-19(29)18-12-14(2)28(15(18)3)21-24-9-11-30-21/h4-9,11-12H,1,10,13H2,2-3H3. The Bertz CT molecular complexity index is 1230. The van der Waals surface area contributed by atoms with Gasteiger partial charge in [-0.15, -0.1) is 28.1 Å². The smallest absolute Gasteiger partial charge is 0.193 e. The number of nitrogens with zero attached hydrogens (tertiary/aromatic N) is 5. The largest absolute Gasteiger partial charge is 0.298 e. The van der Waals surface area contributed by atoms with Crippen LogP contribution in [-0.4, -0.2) is 35.9 Å². The minimum atomic E-state index is 0.0436. The molecule has 0 aliphatic rings. The van der Waals surface area contributed by atoms with Crippen molar-refractivity contribution in [2.24, 2.45) is 0 Å². The van der Waals surface area contributed by atoms with E-state index in [0.29, 0.717) is 28.1 Å². The lowest BCUT2D eigenvalue weighted by Gasteiger charge is -2.08. The van der Waals surface area contributed by atoms with E-state index >= 15 is 0 Å². The first-order chi connectivity index (χ1) is 15.0. The highest BCUT2D eigenvalue weighted by Gasteiger charge is 2.20. The molecule has 158 valence electrons. The predicted octanol–water partition coefficient (Wildman–Crippen LogP) is 5.62. The van der Waals surface area contributed by atoms with E-state index in [0.717, 1.165) is 22.1 Å². The van der Waals surface area contributed by atoms with Gasteiger partial charge in [0.25, 0.3) is 0 Å². The van der Waals surface area contributed by atoms with E-state index < -0.39 is 0 Å². The van der Waals surface area contributed by atoms with Gasteiger partial charge in [-0.1, -0.05) is 29.4 Å². The van der Waals surface area contributed by atoms with Gasteiger partial charge in [0.05, 0.1) is 5.75 Å². The van der Waals surface area contributed by atoms with E-state index in [1.807, 2.05) is 58.7 Å². The maximum atomic E-state index is 13.0. The fourth-order valence-electron chi connectivity index (χ4n) is 3.38. The zero-order chi connectivity index (χ0) is 22.0. The van der Waals surface area contributed by atoms with E-state index in [-0.39, 0.29) is 11.5 Å². The minimum Gasteiger partial charge on any atom is -0.298 e. The Hall–Kier alpha value is -2.68. The summed E-state index contributed by atoms with van der Waals surface area (Å²) in [6, 6.07) is 9.36. The number of ketones is 1. The molecule has 9 heteroatoms.